The van der Waals surface area contributed by atoms with Crippen LogP contribution in [0.5, 0.6) is 0 Å². The number of amides is 1. The van der Waals surface area contributed by atoms with E-state index in [1.807, 2.05) is 6.92 Å². The van der Waals surface area contributed by atoms with Crippen molar-refractivity contribution in [2.45, 2.75) is 116 Å². The standard InChI is InChI=1S/C54H54Cl3NO20S/c1-29-22-24-37(25-23-29)79-50-46(77-49(65)36-20-14-9-15-21-36)45(76-48(64)35-18-12-8-13-19-35)43(75-47(63)34-16-10-7-11-17-34)40(74-50)28-70-53(52(67)68-6)26-38(71-31(3)60)41(58-51(66)54(55,56)57)44(78-53)42(73-33(5)62)39(72-32(4)61)27-69-30(2)59/h7-25,38-46,50H,26-28H2,1-6H3,(H,58,66)/t38-,39+,40+,41+,42+,43-,44+,45-,46+,50-,53+/m0/s1. The summed E-state index contributed by atoms with van der Waals surface area (Å²) in [5, 5.41) is 2.38. The molecular formula is C54H54Cl3NO20S. The Morgan fingerprint density at radius 1 is 0.658 bits per heavy atom. The molecule has 0 spiro atoms. The lowest BCUT2D eigenvalue weighted by Gasteiger charge is -2.49. The van der Waals surface area contributed by atoms with Gasteiger partial charge in [-0.3, -0.25) is 24.0 Å². The number of halogens is 3. The highest BCUT2D eigenvalue weighted by Gasteiger charge is 2.61. The summed E-state index contributed by atoms with van der Waals surface area (Å²) in [6, 6.07) is 28.5. The van der Waals surface area contributed by atoms with Crippen LogP contribution >= 0.6 is 46.6 Å². The van der Waals surface area contributed by atoms with Gasteiger partial charge in [0.2, 0.25) is 0 Å². The molecular weight excluding hydrogens is 1120 g/mol. The van der Waals surface area contributed by atoms with E-state index in [1.165, 1.54) is 36.4 Å². The van der Waals surface area contributed by atoms with Gasteiger partial charge >= 0.3 is 47.8 Å². The summed E-state index contributed by atoms with van der Waals surface area (Å²) in [4.78, 5) is 122. The van der Waals surface area contributed by atoms with E-state index < -0.39 is 143 Å². The summed E-state index contributed by atoms with van der Waals surface area (Å²) < 4.78 is 63.1. The Morgan fingerprint density at radius 3 is 1.63 bits per heavy atom. The van der Waals surface area contributed by atoms with E-state index >= 15 is 0 Å². The maximum atomic E-state index is 14.6. The first-order chi connectivity index (χ1) is 37.5. The minimum atomic E-state index is -2.90. The van der Waals surface area contributed by atoms with Crippen molar-refractivity contribution in [1.29, 1.82) is 0 Å². The fourth-order valence-electron chi connectivity index (χ4n) is 8.32. The van der Waals surface area contributed by atoms with Gasteiger partial charge in [0.05, 0.1) is 42.9 Å². The number of rotatable bonds is 20. The lowest BCUT2D eigenvalue weighted by molar-refractivity contribution is -0.324. The van der Waals surface area contributed by atoms with Crippen molar-refractivity contribution < 1.29 is 95.3 Å². The molecule has 6 rings (SSSR count). The molecule has 1 amide bonds. The number of carbonyl (C=O) groups excluding carboxylic acids is 9. The van der Waals surface area contributed by atoms with Gasteiger partial charge in [0.15, 0.2) is 30.5 Å². The van der Waals surface area contributed by atoms with Gasteiger partial charge in [-0.05, 0) is 55.5 Å². The molecule has 0 aliphatic carbocycles. The highest BCUT2D eigenvalue weighted by molar-refractivity contribution is 7.99. The van der Waals surface area contributed by atoms with Crippen LogP contribution in [0.2, 0.25) is 0 Å². The van der Waals surface area contributed by atoms with E-state index in [9.17, 15) is 43.2 Å². The van der Waals surface area contributed by atoms with Crippen LogP contribution in [-0.4, -0.2) is 144 Å². The number of hydrogen-bond acceptors (Lipinski definition) is 21. The van der Waals surface area contributed by atoms with Crippen LogP contribution in [0.3, 0.4) is 0 Å². The molecule has 0 aromatic heterocycles. The number of carbonyl (C=O) groups is 9. The average molecular weight is 1180 g/mol. The van der Waals surface area contributed by atoms with Crippen molar-refractivity contribution in [2.75, 3.05) is 20.3 Å². The largest absolute Gasteiger partial charge is 0.465 e. The molecule has 422 valence electrons. The second-order valence-corrected chi connectivity index (χ2v) is 21.1. The predicted octanol–water partition coefficient (Wildman–Crippen LogP) is 6.38. The summed E-state index contributed by atoms with van der Waals surface area (Å²) in [6.07, 6.45) is -15.6. The molecule has 4 aromatic rings. The molecule has 2 fully saturated rings. The first-order valence-corrected chi connectivity index (χ1v) is 26.1. The van der Waals surface area contributed by atoms with Crippen LogP contribution in [0.15, 0.2) is 120 Å². The highest BCUT2D eigenvalue weighted by atomic mass is 35.6. The average Bonchev–Trinajstić information content (AvgIpc) is 3.48. The van der Waals surface area contributed by atoms with Gasteiger partial charge in [-0.1, -0.05) is 119 Å². The zero-order chi connectivity index (χ0) is 57.6. The lowest BCUT2D eigenvalue weighted by atomic mass is 9.87. The van der Waals surface area contributed by atoms with Gasteiger partial charge in [0.25, 0.3) is 15.5 Å². The monoisotopic (exact) mass is 1170 g/mol. The molecule has 0 bridgehead atoms. The minimum Gasteiger partial charge on any atom is -0.465 e. The van der Waals surface area contributed by atoms with Gasteiger partial charge < -0.3 is 57.4 Å². The second-order valence-electron chi connectivity index (χ2n) is 17.7. The molecule has 11 atom stereocenters. The maximum absolute atomic E-state index is 14.6. The summed E-state index contributed by atoms with van der Waals surface area (Å²) in [5.41, 5.74) is -0.366. The SMILES string of the molecule is COC(=O)[C@@]1(OC[C@H]2O[C@@H](Sc3ccc(C)cc3)[C@H](OC(=O)c3ccccc3)[C@@H](OC(=O)c3ccccc3)[C@H]2OC(=O)c2ccccc2)C[C@H](OC(C)=O)[C@@H](NC(=O)C(Cl)(Cl)Cl)[C@H]([C@H](OC(C)=O)[C@@H](COC(C)=O)OC(C)=O)O1. The number of methoxy groups -OCH3 is 1. The molecule has 25 heteroatoms. The molecule has 2 aliphatic heterocycles. The minimum absolute atomic E-state index is 0.00791. The van der Waals surface area contributed by atoms with Crippen molar-refractivity contribution in [2.24, 2.45) is 0 Å². The summed E-state index contributed by atoms with van der Waals surface area (Å²) >= 11 is 19.0. The number of benzene rings is 4. The molecule has 2 heterocycles. The summed E-state index contributed by atoms with van der Waals surface area (Å²) in [7, 11) is 0.926. The Labute approximate surface area is 472 Å². The van der Waals surface area contributed by atoms with Crippen molar-refractivity contribution >= 4 is 100 Å². The number of ether oxygens (including phenoxy) is 11. The lowest BCUT2D eigenvalue weighted by Crippen LogP contribution is -2.70. The molecule has 79 heavy (non-hydrogen) atoms. The summed E-state index contributed by atoms with van der Waals surface area (Å²) in [5.74, 6) is -12.5. The van der Waals surface area contributed by atoms with E-state index in [0.29, 0.717) is 4.90 Å². The van der Waals surface area contributed by atoms with Crippen molar-refractivity contribution in [3.05, 3.63) is 138 Å². The molecule has 2 aliphatic rings. The van der Waals surface area contributed by atoms with E-state index in [0.717, 1.165) is 52.1 Å². The van der Waals surface area contributed by atoms with E-state index in [-0.39, 0.29) is 16.7 Å². The summed E-state index contributed by atoms with van der Waals surface area (Å²) in [6.45, 7) is 3.97. The van der Waals surface area contributed by atoms with Gasteiger partial charge in [-0.2, -0.15) is 0 Å². The third kappa shape index (κ3) is 16.9. The van der Waals surface area contributed by atoms with Crippen LogP contribution in [0, 0.1) is 6.92 Å². The number of nitrogens with one attached hydrogen (secondary N) is 1. The Balaban J connectivity index is 1.55. The van der Waals surface area contributed by atoms with Gasteiger partial charge in [-0.15, -0.1) is 0 Å². The number of aryl methyl sites for hydroxylation is 1. The molecule has 4 aromatic carbocycles. The topological polar surface area (TPSA) is 267 Å². The quantitative estimate of drug-likeness (QED) is 0.0571. The van der Waals surface area contributed by atoms with Gasteiger partial charge in [0.1, 0.15) is 30.4 Å². The van der Waals surface area contributed by atoms with Crippen molar-refractivity contribution in [3.8, 4) is 0 Å². The second kappa shape index (κ2) is 27.9. The maximum Gasteiger partial charge on any atom is 0.366 e. The van der Waals surface area contributed by atoms with Crippen LogP contribution in [0.25, 0.3) is 0 Å². The first-order valence-electron chi connectivity index (χ1n) is 24.1. The predicted molar refractivity (Wildman–Crippen MR) is 278 cm³/mol. The third-order valence-corrected chi connectivity index (χ3v) is 13.5. The molecule has 0 unspecified atom stereocenters. The Bertz CT molecular complexity index is 2810. The van der Waals surface area contributed by atoms with Crippen LogP contribution < -0.4 is 5.32 Å². The number of hydrogen-bond donors (Lipinski definition) is 1. The molecule has 1 N–H and O–H groups in total. The van der Waals surface area contributed by atoms with E-state index in [4.69, 9.17) is 86.9 Å². The van der Waals surface area contributed by atoms with E-state index in [2.05, 4.69) is 5.32 Å². The number of thioether (sulfide) groups is 1. The fourth-order valence-corrected chi connectivity index (χ4v) is 9.59. The van der Waals surface area contributed by atoms with Gasteiger partial charge in [-0.25, -0.2) is 19.2 Å². The zero-order valence-corrected chi connectivity index (χ0v) is 46.2. The Kier molecular flexibility index (Phi) is 21.7. The normalized spacial score (nSPS) is 23.5. The zero-order valence-electron chi connectivity index (χ0n) is 43.1. The Morgan fingerprint density at radius 2 is 1.16 bits per heavy atom. The van der Waals surface area contributed by atoms with Crippen LogP contribution in [0.4, 0.5) is 0 Å². The molecule has 0 radical (unpaired) electrons. The third-order valence-electron chi connectivity index (χ3n) is 11.8. The van der Waals surface area contributed by atoms with Crippen LogP contribution in [0.1, 0.15) is 70.8 Å². The first kappa shape index (κ1) is 61.4. The van der Waals surface area contributed by atoms with Crippen molar-refractivity contribution in [3.63, 3.8) is 0 Å². The molecule has 2 saturated heterocycles. The fraction of sp³-hybridized carbons (Fsp3) is 0.389. The molecule has 21 nitrogen and oxygen atoms in total. The molecule has 0 saturated carbocycles. The smallest absolute Gasteiger partial charge is 0.366 e. The number of alkyl halides is 3. The number of esters is 8. The van der Waals surface area contributed by atoms with E-state index in [1.54, 1.807) is 78.9 Å². The van der Waals surface area contributed by atoms with Crippen molar-refractivity contribution in [1.82, 2.24) is 5.32 Å². The Hall–Kier alpha value is -6.79. The van der Waals surface area contributed by atoms with Crippen LogP contribution in [-0.2, 0) is 80.9 Å². The highest BCUT2D eigenvalue weighted by Crippen LogP contribution is 2.42. The van der Waals surface area contributed by atoms with Gasteiger partial charge in [0, 0.05) is 32.6 Å².